The Kier molecular flexibility index (Phi) is 7.15. The number of rotatable bonds is 5. The van der Waals surface area contributed by atoms with Crippen LogP contribution in [0.4, 0.5) is 10.2 Å². The average molecular weight is 541 g/mol. The second kappa shape index (κ2) is 10.7. The fraction of sp³-hybridized carbons (Fsp3) is 0.240. The van der Waals surface area contributed by atoms with Crippen molar-refractivity contribution < 1.29 is 18.7 Å². The molecule has 9 nitrogen and oxygen atoms in total. The standard InChI is InChI=1S/C25H22ClFN6O3S/c26-18-10-14(23(34)30-20-7-9-36-24(20)35)12-29-22(18)32-33-25(37)31-21-16-2-1-8-28-19(16)6-4-13-3-5-15(27)11-17(13)21/h1-3,5,8,10-12,20-21H,4,6-7,9H2,(H,29,32)(H,30,34)(H2,31,33,37)/t20-,21?/m1/s1. The van der Waals surface area contributed by atoms with Crippen LogP contribution in [0.5, 0.6) is 0 Å². The van der Waals surface area contributed by atoms with Crippen molar-refractivity contribution in [2.75, 3.05) is 12.0 Å². The van der Waals surface area contributed by atoms with Crippen LogP contribution >= 0.6 is 23.8 Å². The minimum atomic E-state index is -0.683. The van der Waals surface area contributed by atoms with E-state index in [1.807, 2.05) is 12.1 Å². The van der Waals surface area contributed by atoms with E-state index in [0.29, 0.717) is 6.42 Å². The smallest absolute Gasteiger partial charge is 0.328 e. The van der Waals surface area contributed by atoms with Crippen molar-refractivity contribution in [1.82, 2.24) is 26.0 Å². The van der Waals surface area contributed by atoms with Gasteiger partial charge in [-0.25, -0.2) is 14.2 Å². The Balaban J connectivity index is 1.27. The number of nitrogens with zero attached hydrogens (tertiary/aromatic N) is 2. The predicted octanol–water partition coefficient (Wildman–Crippen LogP) is 2.99. The number of anilines is 1. The molecule has 1 unspecified atom stereocenters. The number of thiocarbonyl (C=S) groups is 1. The summed E-state index contributed by atoms with van der Waals surface area (Å²) in [6.45, 7) is 0.273. The Morgan fingerprint density at radius 1 is 1.14 bits per heavy atom. The molecule has 12 heteroatoms. The summed E-state index contributed by atoms with van der Waals surface area (Å²) in [6.07, 6.45) is 4.94. The number of carbonyl (C=O) groups excluding carboxylic acids is 2. The molecule has 0 bridgehead atoms. The van der Waals surface area contributed by atoms with Gasteiger partial charge in [0.2, 0.25) is 0 Å². The number of esters is 1. The van der Waals surface area contributed by atoms with Crippen LogP contribution in [-0.2, 0) is 22.4 Å². The van der Waals surface area contributed by atoms with Crippen molar-refractivity contribution in [3.05, 3.63) is 87.6 Å². The number of benzene rings is 1. The Hall–Kier alpha value is -3.83. The van der Waals surface area contributed by atoms with Gasteiger partial charge in [0, 0.05) is 30.1 Å². The number of hydrogen-bond acceptors (Lipinski definition) is 7. The van der Waals surface area contributed by atoms with Gasteiger partial charge in [-0.3, -0.25) is 20.6 Å². The fourth-order valence-corrected chi connectivity index (χ4v) is 4.75. The number of halogens is 2. The van der Waals surface area contributed by atoms with Crippen LogP contribution < -0.4 is 21.5 Å². The third-order valence-electron chi connectivity index (χ3n) is 6.20. The zero-order valence-electron chi connectivity index (χ0n) is 19.4. The first-order valence-corrected chi connectivity index (χ1v) is 12.4. The molecule has 0 saturated carbocycles. The predicted molar refractivity (Wildman–Crippen MR) is 138 cm³/mol. The second-order valence-electron chi connectivity index (χ2n) is 8.58. The molecule has 2 aliphatic rings. The third kappa shape index (κ3) is 5.47. The SMILES string of the molecule is O=C(N[C@@H]1CCOC1=O)c1cnc(NNC(=S)NC2c3cc(F)ccc3CCc3ncccc32)c(Cl)c1. The number of nitrogens with one attached hydrogen (secondary N) is 4. The summed E-state index contributed by atoms with van der Waals surface area (Å²) < 4.78 is 19.0. The number of ether oxygens (including phenoxy) is 1. The molecular formula is C25H22ClFN6O3S. The van der Waals surface area contributed by atoms with Crippen LogP contribution in [0.25, 0.3) is 0 Å². The van der Waals surface area contributed by atoms with Crippen LogP contribution in [-0.4, -0.2) is 39.6 Å². The van der Waals surface area contributed by atoms with Gasteiger partial charge in [-0.05, 0) is 60.5 Å². The quantitative estimate of drug-likeness (QED) is 0.220. The van der Waals surface area contributed by atoms with Crippen LogP contribution in [0.1, 0.15) is 45.2 Å². The maximum Gasteiger partial charge on any atom is 0.328 e. The molecule has 3 heterocycles. The Morgan fingerprint density at radius 2 is 2.00 bits per heavy atom. The van der Waals surface area contributed by atoms with E-state index in [1.54, 1.807) is 12.3 Å². The Bertz CT molecular complexity index is 1390. The minimum Gasteiger partial charge on any atom is -0.464 e. The molecule has 0 radical (unpaired) electrons. The first-order valence-electron chi connectivity index (χ1n) is 11.6. The van der Waals surface area contributed by atoms with E-state index in [0.717, 1.165) is 35.2 Å². The first-order chi connectivity index (χ1) is 17.9. The van der Waals surface area contributed by atoms with E-state index in [9.17, 15) is 14.0 Å². The fourth-order valence-electron chi connectivity index (χ4n) is 4.37. The highest BCUT2D eigenvalue weighted by atomic mass is 35.5. The number of aromatic nitrogens is 2. The van der Waals surface area contributed by atoms with Crippen molar-refractivity contribution in [1.29, 1.82) is 0 Å². The summed E-state index contributed by atoms with van der Waals surface area (Å²) in [4.78, 5) is 32.7. The van der Waals surface area contributed by atoms with Crippen molar-refractivity contribution in [2.45, 2.75) is 31.3 Å². The number of pyridine rings is 2. The molecule has 2 aromatic heterocycles. The molecule has 1 saturated heterocycles. The monoisotopic (exact) mass is 540 g/mol. The molecule has 1 fully saturated rings. The summed E-state index contributed by atoms with van der Waals surface area (Å²) in [5, 5.41) is 6.22. The molecule has 0 spiro atoms. The van der Waals surface area contributed by atoms with Gasteiger partial charge in [0.15, 0.2) is 10.9 Å². The number of hydrogen-bond donors (Lipinski definition) is 4. The normalized spacial score (nSPS) is 18.1. The molecule has 1 amide bonds. The molecule has 2 atom stereocenters. The van der Waals surface area contributed by atoms with Crippen LogP contribution in [0.15, 0.2) is 48.8 Å². The zero-order valence-corrected chi connectivity index (χ0v) is 21.0. The summed E-state index contributed by atoms with van der Waals surface area (Å²) in [5.41, 5.74) is 9.49. The van der Waals surface area contributed by atoms with Gasteiger partial charge in [0.25, 0.3) is 5.91 Å². The maximum absolute atomic E-state index is 14.2. The Labute approximate surface area is 222 Å². The number of aryl methyl sites for hydroxylation is 2. The number of hydrazine groups is 1. The summed E-state index contributed by atoms with van der Waals surface area (Å²) in [6, 6.07) is 8.86. The first kappa shape index (κ1) is 24.8. The van der Waals surface area contributed by atoms with Crippen molar-refractivity contribution in [3.8, 4) is 0 Å². The highest BCUT2D eigenvalue weighted by Gasteiger charge is 2.29. The lowest BCUT2D eigenvalue weighted by molar-refractivity contribution is -0.139. The van der Waals surface area contributed by atoms with E-state index in [1.165, 1.54) is 24.4 Å². The summed E-state index contributed by atoms with van der Waals surface area (Å²) in [7, 11) is 0. The van der Waals surface area contributed by atoms with Gasteiger partial charge in [-0.2, -0.15) is 0 Å². The van der Waals surface area contributed by atoms with E-state index in [2.05, 4.69) is 31.5 Å². The van der Waals surface area contributed by atoms with Crippen LogP contribution in [0, 0.1) is 5.82 Å². The van der Waals surface area contributed by atoms with Crippen LogP contribution in [0.3, 0.4) is 0 Å². The lowest BCUT2D eigenvalue weighted by Gasteiger charge is -2.23. The topological polar surface area (TPSA) is 117 Å². The lowest BCUT2D eigenvalue weighted by Crippen LogP contribution is -2.41. The largest absolute Gasteiger partial charge is 0.464 e. The number of fused-ring (bicyclic) bond motifs is 2. The van der Waals surface area contributed by atoms with Crippen molar-refractivity contribution in [3.63, 3.8) is 0 Å². The zero-order chi connectivity index (χ0) is 25.9. The van der Waals surface area contributed by atoms with E-state index >= 15 is 0 Å². The van der Waals surface area contributed by atoms with Gasteiger partial charge in [-0.1, -0.05) is 23.7 Å². The van der Waals surface area contributed by atoms with Gasteiger partial charge in [-0.15, -0.1) is 0 Å². The van der Waals surface area contributed by atoms with Crippen molar-refractivity contribution >= 4 is 46.6 Å². The number of carbonyl (C=O) groups is 2. The van der Waals surface area contributed by atoms with Gasteiger partial charge in [0.05, 0.1) is 23.2 Å². The highest BCUT2D eigenvalue weighted by Crippen LogP contribution is 2.32. The average Bonchev–Trinajstić information content (AvgIpc) is 3.23. The highest BCUT2D eigenvalue weighted by molar-refractivity contribution is 7.80. The minimum absolute atomic E-state index is 0.161. The van der Waals surface area contributed by atoms with Gasteiger partial charge < -0.3 is 15.4 Å². The number of cyclic esters (lactones) is 1. The third-order valence-corrected chi connectivity index (χ3v) is 6.71. The van der Waals surface area contributed by atoms with E-state index in [-0.39, 0.29) is 33.9 Å². The van der Waals surface area contributed by atoms with Gasteiger partial charge >= 0.3 is 5.97 Å². The van der Waals surface area contributed by atoms with Crippen molar-refractivity contribution in [2.24, 2.45) is 0 Å². The molecule has 190 valence electrons. The molecule has 1 aromatic carbocycles. The molecule has 1 aliphatic heterocycles. The maximum atomic E-state index is 14.2. The molecule has 5 rings (SSSR count). The Morgan fingerprint density at radius 3 is 2.78 bits per heavy atom. The second-order valence-corrected chi connectivity index (χ2v) is 9.39. The molecule has 4 N–H and O–H groups in total. The molecule has 3 aromatic rings. The molecule has 1 aliphatic carbocycles. The molecule has 37 heavy (non-hydrogen) atoms. The van der Waals surface area contributed by atoms with E-state index < -0.39 is 24.0 Å². The van der Waals surface area contributed by atoms with Gasteiger partial charge in [0.1, 0.15) is 11.9 Å². The van der Waals surface area contributed by atoms with Crippen LogP contribution in [0.2, 0.25) is 5.02 Å². The summed E-state index contributed by atoms with van der Waals surface area (Å²) in [5.74, 6) is -1.05. The van der Waals surface area contributed by atoms with E-state index in [4.69, 9.17) is 28.6 Å². The lowest BCUT2D eigenvalue weighted by atomic mass is 9.96. The molecular weight excluding hydrogens is 519 g/mol. The summed E-state index contributed by atoms with van der Waals surface area (Å²) >= 11 is 11.8. The number of amides is 1.